The second kappa shape index (κ2) is 10.8. The number of anilines is 1. The number of carbonyl (C=O) groups excluding carboxylic acids is 1. The predicted molar refractivity (Wildman–Crippen MR) is 163 cm³/mol. The van der Waals surface area contributed by atoms with Crippen molar-refractivity contribution in [2.75, 3.05) is 37.7 Å². The van der Waals surface area contributed by atoms with Crippen LogP contribution in [-0.2, 0) is 32.4 Å². The van der Waals surface area contributed by atoms with Crippen molar-refractivity contribution in [2.24, 2.45) is 11.8 Å². The second-order valence-electron chi connectivity index (χ2n) is 13.0. The number of halogens is 1. The number of amides is 1. The van der Waals surface area contributed by atoms with Crippen LogP contribution >= 0.6 is 11.6 Å². The van der Waals surface area contributed by atoms with Crippen molar-refractivity contribution < 1.29 is 28.2 Å². The van der Waals surface area contributed by atoms with E-state index < -0.39 is 27.8 Å². The van der Waals surface area contributed by atoms with E-state index in [9.17, 15) is 23.4 Å². The summed E-state index contributed by atoms with van der Waals surface area (Å²) in [6.45, 7) is 1.57. The highest BCUT2D eigenvalue weighted by molar-refractivity contribution is 7.87. The van der Waals surface area contributed by atoms with Gasteiger partial charge in [0.15, 0.2) is 5.60 Å². The Bertz CT molecular complexity index is 1580. The summed E-state index contributed by atoms with van der Waals surface area (Å²) >= 11 is 6.39. The molecular formula is C32H38ClN3O6S. The van der Waals surface area contributed by atoms with Gasteiger partial charge in [-0.2, -0.15) is 12.7 Å². The largest absolute Gasteiger partial charge is 0.490 e. The molecular weight excluding hydrogens is 590 g/mol. The normalized spacial score (nSPS) is 35.8. The highest BCUT2D eigenvalue weighted by atomic mass is 35.5. The first kappa shape index (κ1) is 29.1. The van der Waals surface area contributed by atoms with Gasteiger partial charge in [0.2, 0.25) is 0 Å². The van der Waals surface area contributed by atoms with Crippen LogP contribution in [0, 0.1) is 11.8 Å². The van der Waals surface area contributed by atoms with Crippen LogP contribution in [-0.4, -0.2) is 67.7 Å². The number of benzene rings is 2. The van der Waals surface area contributed by atoms with Gasteiger partial charge < -0.3 is 19.8 Å². The van der Waals surface area contributed by atoms with Crippen LogP contribution in [0.4, 0.5) is 5.69 Å². The topological polar surface area (TPSA) is 119 Å². The maximum Gasteiger partial charge on any atom is 0.304 e. The van der Waals surface area contributed by atoms with E-state index in [4.69, 9.17) is 16.3 Å². The smallest absolute Gasteiger partial charge is 0.304 e. The Morgan fingerprint density at radius 3 is 2.77 bits per heavy atom. The Hall–Kier alpha value is -2.63. The maximum atomic E-state index is 13.2. The van der Waals surface area contributed by atoms with Crippen LogP contribution in [0.5, 0.6) is 5.75 Å². The molecule has 3 N–H and O–H groups in total. The Morgan fingerprint density at radius 1 is 1.09 bits per heavy atom. The summed E-state index contributed by atoms with van der Waals surface area (Å²) in [5.41, 5.74) is 1.20. The fourth-order valence-corrected chi connectivity index (χ4v) is 9.24. The van der Waals surface area contributed by atoms with Crippen molar-refractivity contribution >= 4 is 33.4 Å². The molecule has 1 amide bonds. The molecule has 9 nitrogen and oxygen atoms in total. The molecule has 5 aliphatic rings. The first-order valence-corrected chi connectivity index (χ1v) is 17.1. The molecule has 230 valence electrons. The van der Waals surface area contributed by atoms with Gasteiger partial charge in [-0.15, -0.1) is 0 Å². The van der Waals surface area contributed by atoms with Crippen LogP contribution in [0.3, 0.4) is 0 Å². The summed E-state index contributed by atoms with van der Waals surface area (Å²) in [7, 11) is -4.08. The van der Waals surface area contributed by atoms with Crippen LogP contribution in [0.15, 0.2) is 48.6 Å². The minimum Gasteiger partial charge on any atom is -0.490 e. The van der Waals surface area contributed by atoms with Gasteiger partial charge in [-0.1, -0.05) is 35.9 Å². The standard InChI is InChI=1S/C32H38ClN3O6S/c33-24-9-11-26-21(15-24)5-4-13-31(26)18-35-17-22-7-10-25(22)28(37)6-2-1-3-14-36-19-32(39,30(38)34-43(36,40)41)23-8-12-29(42-20-31)27(35)16-23/h2,6,8-9,11-12,15-16,22,25,28,37,39H,1,3-5,7,10,13-14,17-20H2,(H,34,38)/b6-2+/t22-,25+,28-,31-,32+/m0/s1. The van der Waals surface area contributed by atoms with Gasteiger partial charge in [0.25, 0.3) is 5.91 Å². The minimum absolute atomic E-state index is 0.117. The summed E-state index contributed by atoms with van der Waals surface area (Å²) in [5.74, 6) is 0.0759. The maximum absolute atomic E-state index is 13.2. The summed E-state index contributed by atoms with van der Waals surface area (Å²) in [6.07, 6.45) is 9.08. The molecule has 2 aromatic carbocycles. The van der Waals surface area contributed by atoms with Gasteiger partial charge >= 0.3 is 10.2 Å². The number of aryl methyl sites for hydroxylation is 1. The van der Waals surface area contributed by atoms with Gasteiger partial charge in [0.1, 0.15) is 5.75 Å². The SMILES string of the molecule is O=C1NS(=O)(=O)N2CCC/C=C/[C@H](O)[C@@H]3CC[C@H]3CN3C[C@@]4(CCCc5cc(Cl)ccc54)COc4ccc(cc43)[C@]1(O)C2. The molecule has 0 radical (unpaired) electrons. The first-order valence-electron chi connectivity index (χ1n) is 15.3. The summed E-state index contributed by atoms with van der Waals surface area (Å²) in [6, 6.07) is 11.4. The third kappa shape index (κ3) is 5.05. The van der Waals surface area contributed by atoms with Crippen molar-refractivity contribution in [1.82, 2.24) is 9.03 Å². The number of nitrogens with zero attached hydrogens (tertiary/aromatic N) is 2. The number of carbonyl (C=O) groups is 1. The molecule has 6 atom stereocenters. The van der Waals surface area contributed by atoms with E-state index in [1.165, 1.54) is 11.1 Å². The third-order valence-electron chi connectivity index (χ3n) is 10.3. The van der Waals surface area contributed by atoms with Crippen molar-refractivity contribution in [1.29, 1.82) is 0 Å². The molecule has 43 heavy (non-hydrogen) atoms. The quantitative estimate of drug-likeness (QED) is 0.383. The van der Waals surface area contributed by atoms with Crippen LogP contribution in [0.2, 0.25) is 5.02 Å². The number of aliphatic hydroxyl groups is 2. The van der Waals surface area contributed by atoms with Gasteiger partial charge in [-0.05, 0) is 97.7 Å². The zero-order valence-corrected chi connectivity index (χ0v) is 25.6. The Morgan fingerprint density at radius 2 is 1.95 bits per heavy atom. The molecule has 0 aromatic heterocycles. The van der Waals surface area contributed by atoms with Crippen LogP contribution < -0.4 is 14.4 Å². The van der Waals surface area contributed by atoms with E-state index in [0.29, 0.717) is 43.9 Å². The van der Waals surface area contributed by atoms with Crippen molar-refractivity contribution in [3.63, 3.8) is 0 Å². The molecule has 2 aromatic rings. The Kier molecular flexibility index (Phi) is 7.29. The summed E-state index contributed by atoms with van der Waals surface area (Å²) in [5, 5.41) is 23.6. The molecule has 7 rings (SSSR count). The van der Waals surface area contributed by atoms with E-state index >= 15 is 0 Å². The van der Waals surface area contributed by atoms with E-state index in [1.54, 1.807) is 18.2 Å². The molecule has 11 heteroatoms. The molecule has 2 fully saturated rings. The van der Waals surface area contributed by atoms with Crippen molar-refractivity contribution in [3.8, 4) is 5.75 Å². The van der Waals surface area contributed by atoms with E-state index in [0.717, 1.165) is 47.1 Å². The lowest BCUT2D eigenvalue weighted by atomic mass is 9.68. The molecule has 2 aliphatic carbocycles. The van der Waals surface area contributed by atoms with E-state index in [-0.39, 0.29) is 30.3 Å². The lowest BCUT2D eigenvalue weighted by Crippen LogP contribution is -2.62. The number of hydrogen-bond acceptors (Lipinski definition) is 7. The van der Waals surface area contributed by atoms with Crippen molar-refractivity contribution in [2.45, 2.75) is 62.1 Å². The number of fused-ring (bicyclic) bond motifs is 7. The number of rotatable bonds is 0. The van der Waals surface area contributed by atoms with Gasteiger partial charge in [-0.3, -0.25) is 4.79 Å². The highest BCUT2D eigenvalue weighted by Crippen LogP contribution is 2.47. The summed E-state index contributed by atoms with van der Waals surface area (Å²) < 4.78 is 35.4. The highest BCUT2D eigenvalue weighted by Gasteiger charge is 2.50. The Balaban J connectivity index is 1.34. The Labute approximate surface area is 257 Å². The third-order valence-corrected chi connectivity index (χ3v) is 12.0. The molecule has 1 unspecified atom stereocenters. The minimum atomic E-state index is -4.08. The number of hydrogen-bond donors (Lipinski definition) is 3. The first-order chi connectivity index (χ1) is 20.6. The number of nitrogens with one attached hydrogen (secondary N) is 1. The van der Waals surface area contributed by atoms with Gasteiger partial charge in [0, 0.05) is 30.1 Å². The molecule has 3 heterocycles. The van der Waals surface area contributed by atoms with E-state index in [1.807, 2.05) is 18.2 Å². The number of ether oxygens (including phenoxy) is 1. The fraction of sp³-hybridized carbons (Fsp3) is 0.531. The predicted octanol–water partition coefficient (Wildman–Crippen LogP) is 3.41. The molecule has 4 bridgehead atoms. The monoisotopic (exact) mass is 627 g/mol. The number of aliphatic hydroxyl groups excluding tert-OH is 1. The van der Waals surface area contributed by atoms with Crippen molar-refractivity contribution in [3.05, 3.63) is 70.3 Å². The molecule has 1 saturated heterocycles. The average Bonchev–Trinajstić information content (AvgIpc) is 3.10. The molecule has 1 saturated carbocycles. The van der Waals surface area contributed by atoms with Crippen LogP contribution in [0.25, 0.3) is 0 Å². The number of allylic oxidation sites excluding steroid dienone is 1. The fourth-order valence-electron chi connectivity index (χ4n) is 7.79. The summed E-state index contributed by atoms with van der Waals surface area (Å²) in [4.78, 5) is 15.5. The van der Waals surface area contributed by atoms with Gasteiger partial charge in [-0.25, -0.2) is 4.72 Å². The zero-order valence-electron chi connectivity index (χ0n) is 24.0. The molecule has 3 aliphatic heterocycles. The van der Waals surface area contributed by atoms with E-state index in [2.05, 4.69) is 21.8 Å². The average molecular weight is 628 g/mol. The lowest BCUT2D eigenvalue weighted by Gasteiger charge is -2.45. The molecule has 1 spiro atoms. The van der Waals surface area contributed by atoms with Crippen LogP contribution in [0.1, 0.15) is 55.2 Å². The lowest BCUT2D eigenvalue weighted by molar-refractivity contribution is -0.141. The van der Waals surface area contributed by atoms with Gasteiger partial charge in [0.05, 0.1) is 24.9 Å². The second-order valence-corrected chi connectivity index (χ2v) is 15.1. The zero-order chi connectivity index (χ0) is 30.0.